The number of amides is 1. The molecule has 0 saturated heterocycles. The van der Waals surface area contributed by atoms with Crippen molar-refractivity contribution in [3.63, 3.8) is 0 Å². The van der Waals surface area contributed by atoms with Crippen molar-refractivity contribution >= 4 is 27.9 Å². The summed E-state index contributed by atoms with van der Waals surface area (Å²) in [6.45, 7) is 1.84. The third-order valence-electron chi connectivity index (χ3n) is 1.67. The Morgan fingerprint density at radius 2 is 2.45 bits per heavy atom. The zero-order chi connectivity index (χ0) is 7.84. The van der Waals surface area contributed by atoms with Gasteiger partial charge >= 0.3 is 0 Å². The van der Waals surface area contributed by atoms with Crippen molar-refractivity contribution in [2.45, 2.75) is 13.0 Å². The first-order chi connectivity index (χ1) is 5.27. The molecule has 1 aromatic heterocycles. The zero-order valence-corrected chi connectivity index (χ0v) is 6.87. The van der Waals surface area contributed by atoms with E-state index in [-0.39, 0.29) is 11.9 Å². The maximum Gasteiger partial charge on any atom is 0.247 e. The van der Waals surface area contributed by atoms with Crippen molar-refractivity contribution in [2.24, 2.45) is 0 Å². The molecule has 0 saturated carbocycles. The van der Waals surface area contributed by atoms with Crippen molar-refractivity contribution in [3.8, 4) is 0 Å². The van der Waals surface area contributed by atoms with E-state index in [1.54, 1.807) is 0 Å². The van der Waals surface area contributed by atoms with E-state index in [1.807, 2.05) is 18.4 Å². The maximum atomic E-state index is 11.1. The number of rotatable bonds is 0. The number of nitrogens with one attached hydrogen (secondary N) is 2. The fraction of sp³-hybridized carbons (Fsp3) is 0.286. The summed E-state index contributed by atoms with van der Waals surface area (Å²) in [5.74, 6) is 0.0416. The third kappa shape index (κ3) is 0.991. The van der Waals surface area contributed by atoms with Gasteiger partial charge in [-0.3, -0.25) is 4.79 Å². The molecule has 1 aliphatic heterocycles. The predicted octanol–water partition coefficient (Wildman–Crippen LogP) is 1.50. The molecule has 0 aromatic carbocycles. The van der Waals surface area contributed by atoms with Crippen LogP contribution in [0, 0.1) is 0 Å². The Balaban J connectivity index is 2.37. The number of hydrogen-bond acceptors (Lipinski definition) is 3. The Bertz CT molecular complexity index is 294. The minimum atomic E-state index is -0.114. The first kappa shape index (κ1) is 6.67. The van der Waals surface area contributed by atoms with Crippen LogP contribution in [-0.2, 0) is 4.79 Å². The van der Waals surface area contributed by atoms with Crippen LogP contribution in [0.5, 0.6) is 0 Å². The highest BCUT2D eigenvalue weighted by atomic mass is 32.1. The summed E-state index contributed by atoms with van der Waals surface area (Å²) in [6, 6.07) is 1.85. The Morgan fingerprint density at radius 3 is 3.27 bits per heavy atom. The van der Waals surface area contributed by atoms with E-state index in [4.69, 9.17) is 0 Å². The van der Waals surface area contributed by atoms with E-state index in [2.05, 4.69) is 10.6 Å². The maximum absolute atomic E-state index is 11.1. The topological polar surface area (TPSA) is 41.1 Å². The van der Waals surface area contributed by atoms with Gasteiger partial charge in [0.05, 0.1) is 5.69 Å². The SMILES string of the molecule is C[C@@H]1Nc2ccsc2NC1=O. The number of carbonyl (C=O) groups is 1. The zero-order valence-electron chi connectivity index (χ0n) is 6.05. The van der Waals surface area contributed by atoms with Crippen LogP contribution in [0.4, 0.5) is 10.7 Å². The van der Waals surface area contributed by atoms with Gasteiger partial charge in [-0.15, -0.1) is 11.3 Å². The molecular weight excluding hydrogens is 160 g/mol. The van der Waals surface area contributed by atoms with Gasteiger partial charge in [0.15, 0.2) is 0 Å². The number of thiophene rings is 1. The van der Waals surface area contributed by atoms with Gasteiger partial charge in [0.2, 0.25) is 5.91 Å². The number of anilines is 2. The summed E-state index contributed by atoms with van der Waals surface area (Å²) < 4.78 is 0. The quantitative estimate of drug-likeness (QED) is 0.616. The van der Waals surface area contributed by atoms with Gasteiger partial charge in [0.1, 0.15) is 11.0 Å². The number of carbonyl (C=O) groups excluding carboxylic acids is 1. The molecule has 0 spiro atoms. The molecule has 2 N–H and O–H groups in total. The van der Waals surface area contributed by atoms with Crippen LogP contribution in [-0.4, -0.2) is 11.9 Å². The second-order valence-electron chi connectivity index (χ2n) is 2.52. The summed E-state index contributed by atoms with van der Waals surface area (Å²) in [7, 11) is 0. The highest BCUT2D eigenvalue weighted by molar-refractivity contribution is 7.15. The molecule has 0 radical (unpaired) electrons. The lowest BCUT2D eigenvalue weighted by Gasteiger charge is -2.20. The monoisotopic (exact) mass is 168 g/mol. The van der Waals surface area contributed by atoms with Gasteiger partial charge in [-0.1, -0.05) is 0 Å². The van der Waals surface area contributed by atoms with Crippen molar-refractivity contribution in [3.05, 3.63) is 11.4 Å². The second-order valence-corrected chi connectivity index (χ2v) is 3.43. The molecule has 1 amide bonds. The van der Waals surface area contributed by atoms with Gasteiger partial charge in [-0.2, -0.15) is 0 Å². The van der Waals surface area contributed by atoms with Gasteiger partial charge in [-0.25, -0.2) is 0 Å². The minimum absolute atomic E-state index is 0.0416. The Labute approximate surface area is 68.4 Å². The fourth-order valence-corrected chi connectivity index (χ4v) is 1.79. The highest BCUT2D eigenvalue weighted by Gasteiger charge is 2.21. The third-order valence-corrected chi connectivity index (χ3v) is 2.50. The van der Waals surface area contributed by atoms with Gasteiger partial charge < -0.3 is 10.6 Å². The largest absolute Gasteiger partial charge is 0.371 e. The van der Waals surface area contributed by atoms with Crippen LogP contribution in [0.1, 0.15) is 6.92 Å². The molecule has 0 aliphatic carbocycles. The second kappa shape index (κ2) is 2.23. The summed E-state index contributed by atoms with van der Waals surface area (Å²) in [6.07, 6.45) is 0. The molecule has 11 heavy (non-hydrogen) atoms. The molecular formula is C7H8N2OS. The van der Waals surface area contributed by atoms with Crippen LogP contribution in [0.15, 0.2) is 11.4 Å². The van der Waals surface area contributed by atoms with E-state index < -0.39 is 0 Å². The normalized spacial score (nSPS) is 21.9. The molecule has 1 atom stereocenters. The van der Waals surface area contributed by atoms with Gasteiger partial charge in [-0.05, 0) is 18.4 Å². The fourth-order valence-electron chi connectivity index (χ4n) is 1.04. The average Bonchev–Trinajstić information content (AvgIpc) is 2.36. The van der Waals surface area contributed by atoms with Crippen LogP contribution >= 0.6 is 11.3 Å². The van der Waals surface area contributed by atoms with Crippen LogP contribution in [0.25, 0.3) is 0 Å². The average molecular weight is 168 g/mol. The molecule has 2 heterocycles. The van der Waals surface area contributed by atoms with Crippen molar-refractivity contribution in [1.82, 2.24) is 0 Å². The molecule has 1 aromatic rings. The van der Waals surface area contributed by atoms with E-state index in [0.29, 0.717) is 0 Å². The number of hydrogen-bond donors (Lipinski definition) is 2. The van der Waals surface area contributed by atoms with Crippen LogP contribution in [0.3, 0.4) is 0 Å². The Kier molecular flexibility index (Phi) is 1.35. The lowest BCUT2D eigenvalue weighted by molar-refractivity contribution is -0.116. The van der Waals surface area contributed by atoms with Crippen LogP contribution < -0.4 is 10.6 Å². The molecule has 3 nitrogen and oxygen atoms in total. The molecule has 0 fully saturated rings. The first-order valence-corrected chi connectivity index (χ1v) is 4.30. The summed E-state index contributed by atoms with van der Waals surface area (Å²) in [4.78, 5) is 11.1. The molecule has 0 unspecified atom stereocenters. The molecule has 58 valence electrons. The van der Waals surface area contributed by atoms with E-state index >= 15 is 0 Å². The highest BCUT2D eigenvalue weighted by Crippen LogP contribution is 2.31. The van der Waals surface area contributed by atoms with Crippen LogP contribution in [0.2, 0.25) is 0 Å². The standard InChI is InChI=1S/C7H8N2OS/c1-4-6(10)9-7-5(8-4)2-3-11-7/h2-4,8H,1H3,(H,9,10)/t4-/m0/s1. The lowest BCUT2D eigenvalue weighted by atomic mass is 10.2. The predicted molar refractivity (Wildman–Crippen MR) is 46.0 cm³/mol. The van der Waals surface area contributed by atoms with E-state index in [0.717, 1.165) is 10.7 Å². The Morgan fingerprint density at radius 1 is 1.64 bits per heavy atom. The summed E-state index contributed by atoms with van der Waals surface area (Å²) in [5.41, 5.74) is 1.03. The summed E-state index contributed by atoms with van der Waals surface area (Å²) in [5, 5.41) is 8.77. The van der Waals surface area contributed by atoms with Crippen molar-refractivity contribution in [1.29, 1.82) is 0 Å². The number of fused-ring (bicyclic) bond motifs is 1. The van der Waals surface area contributed by atoms with Crippen molar-refractivity contribution in [2.75, 3.05) is 10.6 Å². The van der Waals surface area contributed by atoms with E-state index in [1.165, 1.54) is 11.3 Å². The van der Waals surface area contributed by atoms with Crippen molar-refractivity contribution < 1.29 is 4.79 Å². The van der Waals surface area contributed by atoms with E-state index in [9.17, 15) is 4.79 Å². The molecule has 2 rings (SSSR count). The van der Waals surface area contributed by atoms with Gasteiger partial charge in [0.25, 0.3) is 0 Å². The lowest BCUT2D eigenvalue weighted by Crippen LogP contribution is -2.35. The smallest absolute Gasteiger partial charge is 0.247 e. The molecule has 0 bridgehead atoms. The van der Waals surface area contributed by atoms with Gasteiger partial charge in [0, 0.05) is 0 Å². The molecule has 4 heteroatoms. The first-order valence-electron chi connectivity index (χ1n) is 3.42. The Hall–Kier alpha value is -1.03. The molecule has 1 aliphatic rings. The summed E-state index contributed by atoms with van der Waals surface area (Å²) >= 11 is 1.54. The minimum Gasteiger partial charge on any atom is -0.371 e.